The summed E-state index contributed by atoms with van der Waals surface area (Å²) in [5, 5.41) is 9.73. The predicted molar refractivity (Wildman–Crippen MR) is 262 cm³/mol. The first-order valence-corrected chi connectivity index (χ1v) is 23.1. The van der Waals surface area contributed by atoms with Gasteiger partial charge in [0.1, 0.15) is 0 Å². The van der Waals surface area contributed by atoms with Gasteiger partial charge in [-0.2, -0.15) is 0 Å². The van der Waals surface area contributed by atoms with Crippen LogP contribution in [-0.4, -0.2) is 107 Å². The Morgan fingerprint density at radius 1 is 0.581 bits per heavy atom. The topological polar surface area (TPSA) is 134 Å². The number of carbonyl (C=O) groups excluding carboxylic acids is 2. The van der Waals surface area contributed by atoms with E-state index in [2.05, 4.69) is 129 Å². The van der Waals surface area contributed by atoms with Crippen LogP contribution in [0, 0.1) is 13.8 Å². The second-order valence-corrected chi connectivity index (χ2v) is 16.5. The van der Waals surface area contributed by atoms with Gasteiger partial charge in [-0.1, -0.05) is 59.4 Å². The zero-order chi connectivity index (χ0) is 44.8. The molecule has 0 radical (unpaired) electrons. The van der Waals surface area contributed by atoms with Gasteiger partial charge >= 0.3 is 0 Å². The Morgan fingerprint density at radius 3 is 1.60 bits per heavy atom. The molecule has 0 atom stereocenters. The first-order chi connectivity index (χ1) is 30.0. The summed E-state index contributed by atoms with van der Waals surface area (Å²) < 4.78 is 0. The number of likely N-dealkylation sites (N-methyl/N-ethyl adjacent to an activating group) is 1. The second-order valence-electron chi connectivity index (χ2n) is 16.5. The lowest BCUT2D eigenvalue weighted by Crippen LogP contribution is -2.36. The number of aromatic amines is 2. The molecule has 334 valence electrons. The molecule has 62 heavy (non-hydrogen) atoms. The van der Waals surface area contributed by atoms with E-state index >= 15 is 0 Å². The lowest BCUT2D eigenvalue weighted by atomic mass is 9.98. The minimum atomic E-state index is 0.00948. The van der Waals surface area contributed by atoms with Crippen molar-refractivity contribution < 1.29 is 9.59 Å². The summed E-state index contributed by atoms with van der Waals surface area (Å²) in [5.41, 5.74) is 15.3. The number of aromatic nitrogens is 4. The Morgan fingerprint density at radius 2 is 1.06 bits per heavy atom. The molecular formula is C51H73N9O2. The number of nitrogens with one attached hydrogen (secondary N) is 5. The summed E-state index contributed by atoms with van der Waals surface area (Å²) in [6.45, 7) is 34.6. The van der Waals surface area contributed by atoms with Crippen LogP contribution in [0.4, 0.5) is 0 Å². The third kappa shape index (κ3) is 12.1. The average Bonchev–Trinajstić information content (AvgIpc) is 3.93. The van der Waals surface area contributed by atoms with Gasteiger partial charge < -0.3 is 35.7 Å². The molecule has 5 heterocycles. The van der Waals surface area contributed by atoms with Gasteiger partial charge in [0, 0.05) is 78.8 Å². The van der Waals surface area contributed by atoms with Crippen molar-refractivity contribution in [1.82, 2.24) is 45.7 Å². The molecule has 11 nitrogen and oxygen atoms in total. The van der Waals surface area contributed by atoms with Gasteiger partial charge in [-0.3, -0.25) is 9.59 Å². The van der Waals surface area contributed by atoms with E-state index in [4.69, 9.17) is 9.97 Å². The molecular weight excluding hydrogens is 771 g/mol. The van der Waals surface area contributed by atoms with E-state index in [1.54, 1.807) is 0 Å². The third-order valence-electron chi connectivity index (χ3n) is 12.7. The Bertz CT molecular complexity index is 2300. The van der Waals surface area contributed by atoms with Crippen LogP contribution in [0.2, 0.25) is 0 Å². The standard InChI is InChI=1S/C51H73N9O2/c1-11-38-34(7)42-30-43-36(9)40(21-23-51(62)54-26-25-52-27-29-60(15-5)16-6)48(57-43)33-49-41(20-22-50(61)53-24-18-17-19-28-59(13-3)14-4)37(10)45(58-49)32-47-39(12-2)35(8)44(56-47)31-46(38)55-42/h11-12,30-33,52,55-56H,1-2,13-29H2,3-10H3,(H,53,61)(H,54,62). The fourth-order valence-electron chi connectivity index (χ4n) is 8.55. The van der Waals surface area contributed by atoms with Crippen LogP contribution in [0.1, 0.15) is 132 Å². The summed E-state index contributed by atoms with van der Waals surface area (Å²) >= 11 is 0. The lowest BCUT2D eigenvalue weighted by Gasteiger charge is -2.18. The summed E-state index contributed by atoms with van der Waals surface area (Å²) in [7, 11) is 0. The number of allylic oxidation sites excluding steroid dienone is 4. The quantitative estimate of drug-likeness (QED) is 0.0568. The van der Waals surface area contributed by atoms with Crippen molar-refractivity contribution in [3.05, 3.63) is 82.5 Å². The van der Waals surface area contributed by atoms with Gasteiger partial charge in [0.25, 0.3) is 0 Å². The van der Waals surface area contributed by atoms with Crippen LogP contribution in [-0.2, 0) is 9.59 Å². The van der Waals surface area contributed by atoms with Gasteiger partial charge in [0.2, 0.25) is 11.8 Å². The maximum atomic E-state index is 13.3. The summed E-state index contributed by atoms with van der Waals surface area (Å²) in [5.74, 6) is 0.0536. The highest BCUT2D eigenvalue weighted by atomic mass is 16.2. The largest absolute Gasteiger partial charge is 0.356 e. The molecule has 0 aliphatic carbocycles. The minimum Gasteiger partial charge on any atom is -0.356 e. The molecule has 5 rings (SSSR count). The smallest absolute Gasteiger partial charge is 0.220 e. The summed E-state index contributed by atoms with van der Waals surface area (Å²) in [6.07, 6.45) is 8.74. The van der Waals surface area contributed by atoms with Gasteiger partial charge in [-0.25, -0.2) is 9.97 Å². The Balaban J connectivity index is 1.48. The summed E-state index contributed by atoms with van der Waals surface area (Å²) in [4.78, 5) is 49.1. The zero-order valence-corrected chi connectivity index (χ0v) is 39.0. The highest BCUT2D eigenvalue weighted by molar-refractivity contribution is 5.97. The van der Waals surface area contributed by atoms with Crippen LogP contribution < -0.4 is 16.0 Å². The van der Waals surface area contributed by atoms with Crippen LogP contribution in [0.5, 0.6) is 0 Å². The molecule has 0 spiro atoms. The highest BCUT2D eigenvalue weighted by Gasteiger charge is 2.23. The maximum Gasteiger partial charge on any atom is 0.220 e. The SMILES string of the molecule is C=Cc1c(C)c2cc3[nH]c(cc4nc(cc5nc(cc1[nH]2)C(C)=C5CCC(=O)NCCCCCN(CC)CC)C(CCC(=O)NCCNCCN(CC)CC)=C4C)c(C)c3C=C. The molecule has 0 fully saturated rings. The van der Waals surface area contributed by atoms with Crippen molar-refractivity contribution in [3.8, 4) is 0 Å². The first kappa shape index (κ1) is 47.9. The van der Waals surface area contributed by atoms with Crippen LogP contribution >= 0.6 is 0 Å². The van der Waals surface area contributed by atoms with E-state index in [0.29, 0.717) is 38.8 Å². The lowest BCUT2D eigenvalue weighted by molar-refractivity contribution is -0.121. The molecule has 2 amide bonds. The second kappa shape index (κ2) is 23.4. The van der Waals surface area contributed by atoms with Crippen molar-refractivity contribution in [1.29, 1.82) is 0 Å². The number of nitrogens with zero attached hydrogens (tertiary/aromatic N) is 4. The van der Waals surface area contributed by atoms with E-state index in [1.807, 2.05) is 12.2 Å². The van der Waals surface area contributed by atoms with Crippen LogP contribution in [0.3, 0.4) is 0 Å². The van der Waals surface area contributed by atoms with Crippen molar-refractivity contribution in [2.75, 3.05) is 65.4 Å². The highest BCUT2D eigenvalue weighted by Crippen LogP contribution is 2.38. The van der Waals surface area contributed by atoms with E-state index in [1.165, 1.54) is 0 Å². The van der Waals surface area contributed by atoms with Crippen molar-refractivity contribution in [2.45, 2.75) is 100 Å². The van der Waals surface area contributed by atoms with Crippen molar-refractivity contribution in [3.63, 3.8) is 0 Å². The summed E-state index contributed by atoms with van der Waals surface area (Å²) in [6, 6.07) is 8.39. The maximum absolute atomic E-state index is 13.3. The molecule has 0 aromatic carbocycles. The number of fused-ring (bicyclic) bond motifs is 8. The van der Waals surface area contributed by atoms with E-state index < -0.39 is 0 Å². The van der Waals surface area contributed by atoms with Crippen molar-refractivity contribution in [2.24, 2.45) is 0 Å². The predicted octanol–water partition coefficient (Wildman–Crippen LogP) is 9.32. The third-order valence-corrected chi connectivity index (χ3v) is 12.7. The molecule has 11 heteroatoms. The molecule has 8 bridgehead atoms. The molecule has 3 aromatic rings. The fourth-order valence-corrected chi connectivity index (χ4v) is 8.55. The number of hydrogen-bond donors (Lipinski definition) is 5. The fraction of sp³-hybridized carbons (Fsp3) is 0.490. The van der Waals surface area contributed by atoms with Gasteiger partial charge in [-0.15, -0.1) is 0 Å². The van der Waals surface area contributed by atoms with Crippen LogP contribution in [0.25, 0.3) is 56.5 Å². The normalized spacial score (nSPS) is 12.8. The average molecular weight is 844 g/mol. The number of aryl methyl sites for hydroxylation is 2. The Kier molecular flexibility index (Phi) is 18.1. The molecule has 2 aliphatic rings. The minimum absolute atomic E-state index is 0.00948. The molecule has 0 saturated carbocycles. The van der Waals surface area contributed by atoms with E-state index in [-0.39, 0.29) is 11.8 Å². The van der Waals surface area contributed by atoms with E-state index in [9.17, 15) is 9.59 Å². The molecule has 0 unspecified atom stereocenters. The van der Waals surface area contributed by atoms with Crippen LogP contribution in [0.15, 0.2) is 37.4 Å². The zero-order valence-electron chi connectivity index (χ0n) is 39.0. The number of hydrogen-bond acceptors (Lipinski definition) is 7. The Labute approximate surface area is 370 Å². The van der Waals surface area contributed by atoms with Gasteiger partial charge in [0.05, 0.1) is 22.8 Å². The van der Waals surface area contributed by atoms with Gasteiger partial charge in [-0.05, 0) is 144 Å². The monoisotopic (exact) mass is 844 g/mol. The van der Waals surface area contributed by atoms with Gasteiger partial charge in [0.15, 0.2) is 0 Å². The molecule has 5 N–H and O–H groups in total. The molecule has 3 aromatic heterocycles. The van der Waals surface area contributed by atoms with Crippen molar-refractivity contribution >= 4 is 68.3 Å². The number of rotatable bonds is 24. The number of H-pyrrole nitrogens is 2. The van der Waals surface area contributed by atoms with E-state index in [0.717, 1.165) is 161 Å². The number of carbonyl (C=O) groups is 2. The number of amides is 2. The first-order valence-electron chi connectivity index (χ1n) is 23.1. The molecule has 2 aliphatic heterocycles. The molecule has 0 saturated heterocycles. The number of unbranched alkanes of at least 4 members (excludes halogenated alkanes) is 2. The Hall–Kier alpha value is -5.10.